The van der Waals surface area contributed by atoms with Crippen LogP contribution in [0.25, 0.3) is 0 Å². The Morgan fingerprint density at radius 3 is 2.50 bits per heavy atom. The zero-order chi connectivity index (χ0) is 14.7. The fourth-order valence-electron chi connectivity index (χ4n) is 3.43. The molecule has 1 N–H and O–H groups in total. The SMILES string of the molecule is CCCCC1NC(C(C)C)N(C(CC)CC2CC2)C1=O. The van der Waals surface area contributed by atoms with Gasteiger partial charge in [0.25, 0.3) is 0 Å². The maximum absolute atomic E-state index is 12.8. The van der Waals surface area contributed by atoms with Gasteiger partial charge in [-0.3, -0.25) is 10.1 Å². The predicted octanol–water partition coefficient (Wildman–Crippen LogP) is 3.54. The van der Waals surface area contributed by atoms with Crippen LogP contribution >= 0.6 is 0 Å². The average molecular weight is 280 g/mol. The maximum Gasteiger partial charge on any atom is 0.241 e. The minimum absolute atomic E-state index is 0.0654. The van der Waals surface area contributed by atoms with Crippen LogP contribution < -0.4 is 5.32 Å². The summed E-state index contributed by atoms with van der Waals surface area (Å²) in [6.07, 6.45) is 8.59. The van der Waals surface area contributed by atoms with Crippen molar-refractivity contribution in [2.45, 2.75) is 90.9 Å². The number of carbonyl (C=O) groups is 1. The van der Waals surface area contributed by atoms with E-state index < -0.39 is 0 Å². The minimum atomic E-state index is 0.0654. The molecule has 0 bridgehead atoms. The molecule has 1 saturated carbocycles. The molecule has 3 atom stereocenters. The Morgan fingerprint density at radius 1 is 1.30 bits per heavy atom. The molecule has 2 rings (SSSR count). The molecule has 3 nitrogen and oxygen atoms in total. The molecule has 2 aliphatic rings. The van der Waals surface area contributed by atoms with E-state index >= 15 is 0 Å². The number of unbranched alkanes of at least 4 members (excludes halogenated alkanes) is 1. The van der Waals surface area contributed by atoms with Gasteiger partial charge in [-0.1, -0.05) is 53.4 Å². The summed E-state index contributed by atoms with van der Waals surface area (Å²) >= 11 is 0. The summed E-state index contributed by atoms with van der Waals surface area (Å²) < 4.78 is 0. The Hall–Kier alpha value is -0.570. The van der Waals surface area contributed by atoms with Crippen molar-refractivity contribution in [2.75, 3.05) is 0 Å². The van der Waals surface area contributed by atoms with Crippen LogP contribution in [0.3, 0.4) is 0 Å². The van der Waals surface area contributed by atoms with Gasteiger partial charge in [0.2, 0.25) is 5.91 Å². The zero-order valence-electron chi connectivity index (χ0n) is 13.7. The van der Waals surface area contributed by atoms with E-state index in [1.54, 1.807) is 0 Å². The highest BCUT2D eigenvalue weighted by atomic mass is 16.2. The fourth-order valence-corrected chi connectivity index (χ4v) is 3.43. The summed E-state index contributed by atoms with van der Waals surface area (Å²) in [6.45, 7) is 8.88. The van der Waals surface area contributed by atoms with Crippen molar-refractivity contribution in [3.63, 3.8) is 0 Å². The predicted molar refractivity (Wildman–Crippen MR) is 83.3 cm³/mol. The lowest BCUT2D eigenvalue weighted by Crippen LogP contribution is -2.47. The maximum atomic E-state index is 12.8. The van der Waals surface area contributed by atoms with Gasteiger partial charge in [-0.05, 0) is 31.1 Å². The van der Waals surface area contributed by atoms with Gasteiger partial charge < -0.3 is 4.90 Å². The Kier molecular flexibility index (Phi) is 5.48. The third-order valence-electron chi connectivity index (χ3n) is 4.87. The van der Waals surface area contributed by atoms with Crippen LogP contribution in [0.5, 0.6) is 0 Å². The van der Waals surface area contributed by atoms with Crippen LogP contribution in [0.4, 0.5) is 0 Å². The largest absolute Gasteiger partial charge is 0.323 e. The number of nitrogens with zero attached hydrogens (tertiary/aromatic N) is 1. The second-order valence-corrected chi connectivity index (χ2v) is 7.04. The van der Waals surface area contributed by atoms with Gasteiger partial charge in [-0.2, -0.15) is 0 Å². The van der Waals surface area contributed by atoms with Crippen molar-refractivity contribution >= 4 is 5.91 Å². The Bertz CT molecular complexity index is 325. The van der Waals surface area contributed by atoms with Crippen molar-refractivity contribution in [2.24, 2.45) is 11.8 Å². The van der Waals surface area contributed by atoms with E-state index in [1.165, 1.54) is 19.3 Å². The monoisotopic (exact) mass is 280 g/mol. The second kappa shape index (κ2) is 6.93. The normalized spacial score (nSPS) is 28.4. The van der Waals surface area contributed by atoms with E-state index in [0.29, 0.717) is 17.9 Å². The Balaban J connectivity index is 2.06. The first-order chi connectivity index (χ1) is 9.58. The summed E-state index contributed by atoms with van der Waals surface area (Å²) in [6, 6.07) is 0.511. The number of hydrogen-bond acceptors (Lipinski definition) is 2. The summed E-state index contributed by atoms with van der Waals surface area (Å²) in [5, 5.41) is 3.61. The van der Waals surface area contributed by atoms with Gasteiger partial charge >= 0.3 is 0 Å². The first-order valence-electron chi connectivity index (χ1n) is 8.66. The number of rotatable bonds is 8. The molecule has 1 amide bonds. The standard InChI is InChI=1S/C17H32N2O/c1-5-7-8-15-17(20)19(16(18-15)12(3)4)14(6-2)11-13-9-10-13/h12-16,18H,5-11H2,1-4H3. The second-order valence-electron chi connectivity index (χ2n) is 7.04. The molecule has 0 aromatic carbocycles. The Labute approximate surface area is 124 Å². The molecular weight excluding hydrogens is 248 g/mol. The minimum Gasteiger partial charge on any atom is -0.323 e. The van der Waals surface area contributed by atoms with Crippen molar-refractivity contribution in [1.29, 1.82) is 0 Å². The van der Waals surface area contributed by atoms with Gasteiger partial charge in [-0.25, -0.2) is 0 Å². The molecule has 0 aromatic rings. The van der Waals surface area contributed by atoms with Crippen LogP contribution in [0.1, 0.15) is 72.6 Å². The lowest BCUT2D eigenvalue weighted by atomic mass is 10.0. The van der Waals surface area contributed by atoms with Crippen LogP contribution in [-0.4, -0.2) is 29.1 Å². The zero-order valence-corrected chi connectivity index (χ0v) is 13.7. The quantitative estimate of drug-likeness (QED) is 0.737. The van der Waals surface area contributed by atoms with Crippen LogP contribution in [0.2, 0.25) is 0 Å². The smallest absolute Gasteiger partial charge is 0.241 e. The molecule has 1 aliphatic heterocycles. The van der Waals surface area contributed by atoms with Gasteiger partial charge in [0.05, 0.1) is 12.2 Å². The first-order valence-corrected chi connectivity index (χ1v) is 8.66. The molecule has 116 valence electrons. The lowest BCUT2D eigenvalue weighted by molar-refractivity contribution is -0.133. The van der Waals surface area contributed by atoms with E-state index in [2.05, 4.69) is 37.9 Å². The van der Waals surface area contributed by atoms with Gasteiger partial charge in [0.1, 0.15) is 0 Å². The molecule has 1 heterocycles. The van der Waals surface area contributed by atoms with Crippen molar-refractivity contribution in [3.8, 4) is 0 Å². The van der Waals surface area contributed by atoms with Crippen LogP contribution in [0, 0.1) is 11.8 Å². The third-order valence-corrected chi connectivity index (χ3v) is 4.87. The molecule has 3 unspecified atom stereocenters. The summed E-state index contributed by atoms with van der Waals surface area (Å²) in [7, 11) is 0. The fraction of sp³-hybridized carbons (Fsp3) is 0.941. The number of hydrogen-bond donors (Lipinski definition) is 1. The van der Waals surface area contributed by atoms with Crippen molar-refractivity contribution < 1.29 is 4.79 Å². The van der Waals surface area contributed by atoms with E-state index in [-0.39, 0.29) is 12.2 Å². The van der Waals surface area contributed by atoms with Crippen molar-refractivity contribution in [3.05, 3.63) is 0 Å². The summed E-state index contributed by atoms with van der Waals surface area (Å²) in [4.78, 5) is 15.0. The summed E-state index contributed by atoms with van der Waals surface area (Å²) in [5.74, 6) is 1.73. The highest BCUT2D eigenvalue weighted by Gasteiger charge is 2.43. The van der Waals surface area contributed by atoms with Gasteiger partial charge in [0.15, 0.2) is 0 Å². The number of amides is 1. The molecule has 3 heteroatoms. The summed E-state index contributed by atoms with van der Waals surface area (Å²) in [5.41, 5.74) is 0. The van der Waals surface area contributed by atoms with Gasteiger partial charge in [0, 0.05) is 6.04 Å². The van der Waals surface area contributed by atoms with Crippen molar-refractivity contribution in [1.82, 2.24) is 10.2 Å². The third kappa shape index (κ3) is 3.55. The van der Waals surface area contributed by atoms with Gasteiger partial charge in [-0.15, -0.1) is 0 Å². The van der Waals surface area contributed by atoms with Crippen LogP contribution in [0.15, 0.2) is 0 Å². The topological polar surface area (TPSA) is 32.3 Å². The average Bonchev–Trinajstić information content (AvgIpc) is 3.18. The van der Waals surface area contributed by atoms with E-state index in [4.69, 9.17) is 0 Å². The molecule has 1 aliphatic carbocycles. The molecule has 1 saturated heterocycles. The molecule has 0 radical (unpaired) electrons. The molecule has 0 spiro atoms. The molecule has 20 heavy (non-hydrogen) atoms. The molecule has 0 aromatic heterocycles. The highest BCUT2D eigenvalue weighted by molar-refractivity contribution is 5.84. The first kappa shape index (κ1) is 15.8. The molecule has 2 fully saturated rings. The van der Waals surface area contributed by atoms with E-state index in [1.807, 2.05) is 0 Å². The van der Waals surface area contributed by atoms with Crippen LogP contribution in [-0.2, 0) is 4.79 Å². The number of carbonyl (C=O) groups excluding carboxylic acids is 1. The van der Waals surface area contributed by atoms with E-state index in [0.717, 1.165) is 31.6 Å². The number of nitrogens with one attached hydrogen (secondary N) is 1. The highest BCUT2D eigenvalue weighted by Crippen LogP contribution is 2.37. The van der Waals surface area contributed by atoms with E-state index in [9.17, 15) is 4.79 Å². The Morgan fingerprint density at radius 2 is 2.00 bits per heavy atom. The molecular formula is C17H32N2O. The lowest BCUT2D eigenvalue weighted by Gasteiger charge is -2.34.